The van der Waals surface area contributed by atoms with Gasteiger partial charge in [0, 0.05) is 6.04 Å². The maximum absolute atomic E-state index is 13.0. The Hall–Kier alpha value is -1.40. The van der Waals surface area contributed by atoms with Gasteiger partial charge in [-0.3, -0.25) is 0 Å². The van der Waals surface area contributed by atoms with Gasteiger partial charge in [-0.05, 0) is 42.5 Å². The first kappa shape index (κ1) is 9.17. The van der Waals surface area contributed by atoms with Crippen LogP contribution in [0.5, 0.6) is 0 Å². The van der Waals surface area contributed by atoms with E-state index in [9.17, 15) is 4.39 Å². The van der Waals surface area contributed by atoms with Gasteiger partial charge in [-0.2, -0.15) is 5.26 Å². The number of hydrogen-bond acceptors (Lipinski definition) is 2. The first-order valence-electron chi connectivity index (χ1n) is 4.67. The largest absolute Gasteiger partial charge is 0.324 e. The Labute approximate surface area is 82.1 Å². The van der Waals surface area contributed by atoms with Crippen LogP contribution in [0.15, 0.2) is 18.2 Å². The van der Waals surface area contributed by atoms with Crippen molar-refractivity contribution in [2.45, 2.75) is 18.9 Å². The molecule has 2 rings (SSSR count). The molecule has 1 fully saturated rings. The zero-order chi connectivity index (χ0) is 10.1. The minimum Gasteiger partial charge on any atom is -0.324 e. The Morgan fingerprint density at radius 2 is 2.21 bits per heavy atom. The normalized spacial score (nSPS) is 17.5. The summed E-state index contributed by atoms with van der Waals surface area (Å²) in [6.45, 7) is 0. The molecule has 0 heterocycles. The lowest BCUT2D eigenvalue weighted by Gasteiger charge is -2.12. The van der Waals surface area contributed by atoms with E-state index in [1.807, 2.05) is 6.07 Å². The van der Waals surface area contributed by atoms with Crippen LogP contribution in [0.25, 0.3) is 0 Å². The predicted molar refractivity (Wildman–Crippen MR) is 50.8 cm³/mol. The van der Waals surface area contributed by atoms with Crippen LogP contribution in [0.3, 0.4) is 0 Å². The Balaban J connectivity index is 2.38. The van der Waals surface area contributed by atoms with Crippen molar-refractivity contribution in [3.63, 3.8) is 0 Å². The van der Waals surface area contributed by atoms with E-state index in [1.54, 1.807) is 0 Å². The SMILES string of the molecule is N#Cc1ccc(F)cc1[C@H](N)C1CC1. The number of nitriles is 1. The third-order valence-electron chi connectivity index (χ3n) is 2.62. The summed E-state index contributed by atoms with van der Waals surface area (Å²) in [6, 6.07) is 6.02. The van der Waals surface area contributed by atoms with Crippen molar-refractivity contribution in [2.75, 3.05) is 0 Å². The molecule has 1 aliphatic rings. The maximum Gasteiger partial charge on any atom is 0.123 e. The van der Waals surface area contributed by atoms with Crippen LogP contribution >= 0.6 is 0 Å². The molecule has 0 unspecified atom stereocenters. The van der Waals surface area contributed by atoms with Crippen LogP contribution in [0.1, 0.15) is 30.0 Å². The molecule has 0 aliphatic heterocycles. The number of nitrogens with zero attached hydrogens (tertiary/aromatic N) is 1. The monoisotopic (exact) mass is 190 g/mol. The third-order valence-corrected chi connectivity index (χ3v) is 2.62. The van der Waals surface area contributed by atoms with Crippen molar-refractivity contribution >= 4 is 0 Å². The van der Waals surface area contributed by atoms with E-state index in [0.29, 0.717) is 17.0 Å². The van der Waals surface area contributed by atoms with E-state index in [4.69, 9.17) is 11.0 Å². The molecule has 0 amide bonds. The summed E-state index contributed by atoms with van der Waals surface area (Å²) >= 11 is 0. The van der Waals surface area contributed by atoms with Crippen LogP contribution in [-0.4, -0.2) is 0 Å². The number of benzene rings is 1. The van der Waals surface area contributed by atoms with Gasteiger partial charge in [-0.15, -0.1) is 0 Å². The number of hydrogen-bond donors (Lipinski definition) is 1. The van der Waals surface area contributed by atoms with Crippen molar-refractivity contribution in [1.82, 2.24) is 0 Å². The molecule has 3 heteroatoms. The summed E-state index contributed by atoms with van der Waals surface area (Å²) in [7, 11) is 0. The lowest BCUT2D eigenvalue weighted by Crippen LogP contribution is -2.14. The second-order valence-corrected chi connectivity index (χ2v) is 3.71. The minimum atomic E-state index is -0.324. The highest BCUT2D eigenvalue weighted by molar-refractivity contribution is 5.40. The van der Waals surface area contributed by atoms with Gasteiger partial charge < -0.3 is 5.73 Å². The molecular weight excluding hydrogens is 179 g/mol. The molecule has 1 aromatic rings. The minimum absolute atomic E-state index is 0.180. The van der Waals surface area contributed by atoms with Gasteiger partial charge in [0.05, 0.1) is 11.6 Å². The van der Waals surface area contributed by atoms with Gasteiger partial charge in [0.15, 0.2) is 0 Å². The predicted octanol–water partition coefficient (Wildman–Crippen LogP) is 2.11. The van der Waals surface area contributed by atoms with Crippen molar-refractivity contribution in [3.05, 3.63) is 35.1 Å². The van der Waals surface area contributed by atoms with E-state index < -0.39 is 0 Å². The molecule has 1 aliphatic carbocycles. The van der Waals surface area contributed by atoms with Crippen LogP contribution < -0.4 is 5.73 Å². The highest BCUT2D eigenvalue weighted by Crippen LogP contribution is 2.40. The highest BCUT2D eigenvalue weighted by atomic mass is 19.1. The van der Waals surface area contributed by atoms with Crippen LogP contribution in [-0.2, 0) is 0 Å². The van der Waals surface area contributed by atoms with Crippen LogP contribution in [0, 0.1) is 23.1 Å². The van der Waals surface area contributed by atoms with Crippen LogP contribution in [0.4, 0.5) is 4.39 Å². The average Bonchev–Trinajstić information content (AvgIpc) is 3.00. The molecule has 0 spiro atoms. The molecular formula is C11H11FN2. The molecule has 1 saturated carbocycles. The fraction of sp³-hybridized carbons (Fsp3) is 0.364. The zero-order valence-corrected chi connectivity index (χ0v) is 7.70. The topological polar surface area (TPSA) is 49.8 Å². The van der Waals surface area contributed by atoms with Gasteiger partial charge >= 0.3 is 0 Å². The van der Waals surface area contributed by atoms with E-state index in [0.717, 1.165) is 12.8 Å². The van der Waals surface area contributed by atoms with Gasteiger partial charge in [-0.1, -0.05) is 0 Å². The second-order valence-electron chi connectivity index (χ2n) is 3.71. The summed E-state index contributed by atoms with van der Waals surface area (Å²) in [5.41, 5.74) is 7.07. The quantitative estimate of drug-likeness (QED) is 0.776. The Morgan fingerprint density at radius 1 is 1.50 bits per heavy atom. The molecule has 0 radical (unpaired) electrons. The van der Waals surface area contributed by atoms with Crippen LogP contribution in [0.2, 0.25) is 0 Å². The first-order chi connectivity index (χ1) is 6.72. The summed E-state index contributed by atoms with van der Waals surface area (Å²) < 4.78 is 13.0. The van der Waals surface area contributed by atoms with E-state index in [2.05, 4.69) is 0 Å². The van der Waals surface area contributed by atoms with Crippen molar-refractivity contribution in [1.29, 1.82) is 5.26 Å². The fourth-order valence-corrected chi connectivity index (χ4v) is 1.62. The molecule has 0 bridgehead atoms. The molecule has 72 valence electrons. The fourth-order valence-electron chi connectivity index (χ4n) is 1.62. The summed E-state index contributed by atoms with van der Waals surface area (Å²) in [4.78, 5) is 0. The molecule has 2 N–H and O–H groups in total. The zero-order valence-electron chi connectivity index (χ0n) is 7.70. The standard InChI is InChI=1S/C11H11FN2/c12-9-4-3-8(6-13)10(5-9)11(14)7-1-2-7/h3-5,7,11H,1-2,14H2/t11-/m1/s1. The van der Waals surface area contributed by atoms with Crippen molar-refractivity contribution < 1.29 is 4.39 Å². The summed E-state index contributed by atoms with van der Waals surface area (Å²) in [6.07, 6.45) is 2.17. The third kappa shape index (κ3) is 1.61. The Morgan fingerprint density at radius 3 is 2.79 bits per heavy atom. The average molecular weight is 190 g/mol. The van der Waals surface area contributed by atoms with E-state index in [-0.39, 0.29) is 11.9 Å². The lowest BCUT2D eigenvalue weighted by atomic mass is 9.98. The maximum atomic E-state index is 13.0. The molecule has 1 aromatic carbocycles. The molecule has 0 saturated heterocycles. The van der Waals surface area contributed by atoms with Gasteiger partial charge in [0.1, 0.15) is 5.82 Å². The number of halogens is 1. The van der Waals surface area contributed by atoms with Crippen molar-refractivity contribution in [2.24, 2.45) is 11.7 Å². The lowest BCUT2D eigenvalue weighted by molar-refractivity contribution is 0.600. The Bertz CT molecular complexity index is 391. The Kier molecular flexibility index (Phi) is 2.22. The van der Waals surface area contributed by atoms with E-state index >= 15 is 0 Å². The molecule has 2 nitrogen and oxygen atoms in total. The van der Waals surface area contributed by atoms with E-state index in [1.165, 1.54) is 18.2 Å². The summed E-state index contributed by atoms with van der Waals surface area (Å²) in [5.74, 6) is 0.110. The van der Waals surface area contributed by atoms with Gasteiger partial charge in [0.2, 0.25) is 0 Å². The smallest absolute Gasteiger partial charge is 0.123 e. The van der Waals surface area contributed by atoms with Gasteiger partial charge in [-0.25, -0.2) is 4.39 Å². The highest BCUT2D eigenvalue weighted by Gasteiger charge is 2.30. The summed E-state index contributed by atoms with van der Waals surface area (Å²) in [5, 5.41) is 8.83. The van der Waals surface area contributed by atoms with Gasteiger partial charge in [0.25, 0.3) is 0 Å². The molecule has 14 heavy (non-hydrogen) atoms. The molecule has 1 atom stereocenters. The first-order valence-corrected chi connectivity index (χ1v) is 4.67. The molecule has 0 aromatic heterocycles. The number of rotatable bonds is 2. The second kappa shape index (κ2) is 3.39. The number of nitrogens with two attached hydrogens (primary N) is 1. The van der Waals surface area contributed by atoms with Crippen molar-refractivity contribution in [3.8, 4) is 6.07 Å².